The molecular weight excluding hydrogens is 303 g/mol. The van der Waals surface area contributed by atoms with Crippen molar-refractivity contribution in [3.63, 3.8) is 0 Å². The van der Waals surface area contributed by atoms with E-state index in [-0.39, 0.29) is 17.8 Å². The molecule has 1 aliphatic carbocycles. The van der Waals surface area contributed by atoms with Crippen molar-refractivity contribution in [2.75, 3.05) is 5.32 Å². The first-order chi connectivity index (χ1) is 11.7. The van der Waals surface area contributed by atoms with Crippen molar-refractivity contribution in [3.05, 3.63) is 65.0 Å². The minimum atomic E-state index is -0.149. The summed E-state index contributed by atoms with van der Waals surface area (Å²) in [4.78, 5) is 11.3. The van der Waals surface area contributed by atoms with Crippen molar-refractivity contribution in [2.45, 2.75) is 44.2 Å². The lowest BCUT2D eigenvalue weighted by atomic mass is 10.0. The quantitative estimate of drug-likeness (QED) is 0.862. The fraction of sp³-hybridized carbons (Fsp3) is 0.350. The van der Waals surface area contributed by atoms with E-state index in [1.165, 1.54) is 11.6 Å². The van der Waals surface area contributed by atoms with E-state index in [0.29, 0.717) is 18.9 Å². The maximum absolute atomic E-state index is 13.5. The highest BCUT2D eigenvalue weighted by atomic mass is 19.1. The summed E-state index contributed by atoms with van der Waals surface area (Å²) in [6, 6.07) is 13.5. The predicted octanol–water partition coefficient (Wildman–Crippen LogP) is 4.27. The van der Waals surface area contributed by atoms with Gasteiger partial charge in [0.05, 0.1) is 6.04 Å². The molecule has 2 aromatic carbocycles. The van der Waals surface area contributed by atoms with E-state index in [1.54, 1.807) is 6.07 Å². The van der Waals surface area contributed by atoms with Gasteiger partial charge in [-0.15, -0.1) is 0 Å². The Labute approximate surface area is 141 Å². The first kappa shape index (κ1) is 15.2. The molecule has 4 rings (SSSR count). The van der Waals surface area contributed by atoms with Crippen LogP contribution in [0.15, 0.2) is 42.5 Å². The number of rotatable bonds is 5. The molecular formula is C20H21FN2O. The van der Waals surface area contributed by atoms with Gasteiger partial charge in [-0.05, 0) is 66.1 Å². The highest BCUT2D eigenvalue weighted by molar-refractivity contribution is 5.78. The molecule has 0 radical (unpaired) electrons. The minimum absolute atomic E-state index is 0.131. The number of hydrogen-bond acceptors (Lipinski definition) is 2. The molecule has 1 atom stereocenters. The SMILES string of the molecule is O=C1CCC(c2ccc(NCc3ccc(F)cc3C3CC3)cc2)N1. The van der Waals surface area contributed by atoms with E-state index >= 15 is 0 Å². The molecule has 2 N–H and O–H groups in total. The number of hydrogen-bond donors (Lipinski definition) is 2. The maximum Gasteiger partial charge on any atom is 0.220 e. The second kappa shape index (κ2) is 6.27. The van der Waals surface area contributed by atoms with E-state index in [2.05, 4.69) is 22.8 Å². The summed E-state index contributed by atoms with van der Waals surface area (Å²) in [5.74, 6) is 0.514. The zero-order chi connectivity index (χ0) is 16.5. The Morgan fingerprint density at radius 2 is 1.88 bits per heavy atom. The van der Waals surface area contributed by atoms with Crippen LogP contribution in [0.2, 0.25) is 0 Å². The highest BCUT2D eigenvalue weighted by Crippen LogP contribution is 2.42. The number of amides is 1. The van der Waals surface area contributed by atoms with Crippen LogP contribution >= 0.6 is 0 Å². The summed E-state index contributed by atoms with van der Waals surface area (Å²) in [6.07, 6.45) is 3.81. The van der Waals surface area contributed by atoms with E-state index in [1.807, 2.05) is 18.2 Å². The molecule has 1 aliphatic heterocycles. The van der Waals surface area contributed by atoms with E-state index in [0.717, 1.165) is 36.1 Å². The molecule has 1 saturated heterocycles. The van der Waals surface area contributed by atoms with Gasteiger partial charge in [0.15, 0.2) is 0 Å². The Morgan fingerprint density at radius 1 is 1.08 bits per heavy atom. The predicted molar refractivity (Wildman–Crippen MR) is 92.3 cm³/mol. The molecule has 24 heavy (non-hydrogen) atoms. The summed E-state index contributed by atoms with van der Waals surface area (Å²) >= 11 is 0. The fourth-order valence-electron chi connectivity index (χ4n) is 3.40. The summed E-state index contributed by atoms with van der Waals surface area (Å²) in [5, 5.41) is 6.40. The molecule has 1 amide bonds. The third-order valence-corrected chi connectivity index (χ3v) is 4.92. The van der Waals surface area contributed by atoms with E-state index < -0.39 is 0 Å². The van der Waals surface area contributed by atoms with Crippen LogP contribution in [0.4, 0.5) is 10.1 Å². The number of benzene rings is 2. The third-order valence-electron chi connectivity index (χ3n) is 4.92. The zero-order valence-electron chi connectivity index (χ0n) is 13.5. The molecule has 124 valence electrons. The second-order valence-electron chi connectivity index (χ2n) is 6.75. The lowest BCUT2D eigenvalue weighted by molar-refractivity contribution is -0.119. The molecule has 0 aromatic heterocycles. The average Bonchev–Trinajstić information content (AvgIpc) is 3.35. The van der Waals surface area contributed by atoms with Crippen LogP contribution < -0.4 is 10.6 Å². The first-order valence-electron chi connectivity index (χ1n) is 8.60. The molecule has 2 fully saturated rings. The summed E-state index contributed by atoms with van der Waals surface area (Å²) in [6.45, 7) is 0.700. The van der Waals surface area contributed by atoms with Gasteiger partial charge < -0.3 is 10.6 Å². The Hall–Kier alpha value is -2.36. The van der Waals surface area contributed by atoms with Gasteiger partial charge in [-0.3, -0.25) is 4.79 Å². The summed E-state index contributed by atoms with van der Waals surface area (Å²) < 4.78 is 13.5. The molecule has 2 aliphatic rings. The molecule has 1 heterocycles. The van der Waals surface area contributed by atoms with Gasteiger partial charge in [-0.2, -0.15) is 0 Å². The molecule has 4 heteroatoms. The Kier molecular flexibility index (Phi) is 3.97. The number of halogens is 1. The smallest absolute Gasteiger partial charge is 0.220 e. The van der Waals surface area contributed by atoms with Crippen LogP contribution in [-0.2, 0) is 11.3 Å². The monoisotopic (exact) mass is 324 g/mol. The lowest BCUT2D eigenvalue weighted by Crippen LogP contribution is -2.18. The minimum Gasteiger partial charge on any atom is -0.381 e. The number of carbonyl (C=O) groups excluding carboxylic acids is 1. The molecule has 3 nitrogen and oxygen atoms in total. The van der Waals surface area contributed by atoms with Gasteiger partial charge in [0.2, 0.25) is 5.91 Å². The Bertz CT molecular complexity index is 753. The van der Waals surface area contributed by atoms with E-state index in [9.17, 15) is 9.18 Å². The van der Waals surface area contributed by atoms with Gasteiger partial charge in [0.1, 0.15) is 5.82 Å². The van der Waals surface area contributed by atoms with Gasteiger partial charge >= 0.3 is 0 Å². The van der Waals surface area contributed by atoms with Crippen LogP contribution in [0, 0.1) is 5.82 Å². The zero-order valence-corrected chi connectivity index (χ0v) is 13.5. The van der Waals surface area contributed by atoms with Gasteiger partial charge in [-0.1, -0.05) is 18.2 Å². The Morgan fingerprint density at radius 3 is 2.54 bits per heavy atom. The van der Waals surface area contributed by atoms with Crippen molar-refractivity contribution in [2.24, 2.45) is 0 Å². The van der Waals surface area contributed by atoms with Crippen LogP contribution in [0.5, 0.6) is 0 Å². The number of anilines is 1. The molecule has 0 spiro atoms. The summed E-state index contributed by atoms with van der Waals surface area (Å²) in [7, 11) is 0. The topological polar surface area (TPSA) is 41.1 Å². The third kappa shape index (κ3) is 3.28. The van der Waals surface area contributed by atoms with Crippen LogP contribution in [-0.4, -0.2) is 5.91 Å². The van der Waals surface area contributed by atoms with Crippen LogP contribution in [0.25, 0.3) is 0 Å². The maximum atomic E-state index is 13.5. The van der Waals surface area contributed by atoms with Crippen LogP contribution in [0.1, 0.15) is 54.3 Å². The molecule has 1 saturated carbocycles. The van der Waals surface area contributed by atoms with Crippen molar-refractivity contribution < 1.29 is 9.18 Å². The van der Waals surface area contributed by atoms with Crippen molar-refractivity contribution in [1.82, 2.24) is 5.32 Å². The lowest BCUT2D eigenvalue weighted by Gasteiger charge is -2.13. The molecule has 0 bridgehead atoms. The van der Waals surface area contributed by atoms with Gasteiger partial charge in [0, 0.05) is 18.7 Å². The molecule has 1 unspecified atom stereocenters. The second-order valence-corrected chi connectivity index (χ2v) is 6.75. The van der Waals surface area contributed by atoms with Gasteiger partial charge in [0.25, 0.3) is 0 Å². The standard InChI is InChI=1S/C20H21FN2O/c21-16-6-3-15(18(11-16)13-1-2-13)12-22-17-7-4-14(5-8-17)19-9-10-20(24)23-19/h3-8,11,13,19,22H,1-2,9-10,12H2,(H,23,24). The van der Waals surface area contributed by atoms with Crippen LogP contribution in [0.3, 0.4) is 0 Å². The van der Waals surface area contributed by atoms with E-state index in [4.69, 9.17) is 0 Å². The highest BCUT2D eigenvalue weighted by Gasteiger charge is 2.26. The summed E-state index contributed by atoms with van der Waals surface area (Å²) in [5.41, 5.74) is 4.50. The average molecular weight is 324 g/mol. The first-order valence-corrected chi connectivity index (χ1v) is 8.60. The fourth-order valence-corrected chi connectivity index (χ4v) is 3.40. The molecule has 2 aromatic rings. The largest absolute Gasteiger partial charge is 0.381 e. The number of nitrogens with one attached hydrogen (secondary N) is 2. The van der Waals surface area contributed by atoms with Crippen molar-refractivity contribution in [1.29, 1.82) is 0 Å². The van der Waals surface area contributed by atoms with Crippen molar-refractivity contribution in [3.8, 4) is 0 Å². The van der Waals surface area contributed by atoms with Crippen molar-refractivity contribution >= 4 is 11.6 Å². The number of carbonyl (C=O) groups is 1. The Balaban J connectivity index is 1.42. The van der Waals surface area contributed by atoms with Gasteiger partial charge in [-0.25, -0.2) is 4.39 Å². The normalized spacial score (nSPS) is 20.0.